The molecule has 0 aromatic heterocycles. The third kappa shape index (κ3) is 17.0. The standard InChI is InChI=1S/C34H52N2O4S/c1-3-4-5-6-7-8-9-10-11-12-13-14-15-16-17-28(2)41-27-26-35-34(39)36-33(38)29-18-22-31(23-19-29)40-32-24-20-30(37)21-25-32/h18-25,28,37H,3-17,26-27H2,1-2H3,(H2,35,36,38,39). The summed E-state index contributed by atoms with van der Waals surface area (Å²) in [4.78, 5) is 24.5. The van der Waals surface area contributed by atoms with Gasteiger partial charge in [-0.3, -0.25) is 10.1 Å². The molecule has 0 bridgehead atoms. The van der Waals surface area contributed by atoms with Crippen molar-refractivity contribution < 1.29 is 19.4 Å². The minimum atomic E-state index is -0.486. The van der Waals surface area contributed by atoms with E-state index in [9.17, 15) is 14.7 Å². The van der Waals surface area contributed by atoms with Crippen LogP contribution < -0.4 is 15.4 Å². The molecule has 0 saturated carbocycles. The number of imide groups is 1. The van der Waals surface area contributed by atoms with Gasteiger partial charge in [-0.25, -0.2) is 4.79 Å². The number of hydrogen-bond donors (Lipinski definition) is 3. The number of nitrogens with one attached hydrogen (secondary N) is 2. The highest BCUT2D eigenvalue weighted by molar-refractivity contribution is 7.99. The maximum absolute atomic E-state index is 12.4. The molecule has 0 fully saturated rings. The Labute approximate surface area is 252 Å². The molecular weight excluding hydrogens is 532 g/mol. The Balaban J connectivity index is 1.43. The minimum absolute atomic E-state index is 0.163. The van der Waals surface area contributed by atoms with Gasteiger partial charge >= 0.3 is 6.03 Å². The van der Waals surface area contributed by atoms with Gasteiger partial charge in [0.1, 0.15) is 17.2 Å². The first-order valence-electron chi connectivity index (χ1n) is 15.8. The Morgan fingerprint density at radius 2 is 1.24 bits per heavy atom. The maximum atomic E-state index is 12.4. The number of carbonyl (C=O) groups is 2. The molecule has 0 spiro atoms. The molecule has 41 heavy (non-hydrogen) atoms. The van der Waals surface area contributed by atoms with Crippen LogP contribution >= 0.6 is 11.8 Å². The van der Waals surface area contributed by atoms with Gasteiger partial charge in [0.15, 0.2) is 0 Å². The van der Waals surface area contributed by atoms with E-state index in [0.29, 0.717) is 28.9 Å². The predicted molar refractivity (Wildman–Crippen MR) is 172 cm³/mol. The molecule has 0 radical (unpaired) electrons. The van der Waals surface area contributed by atoms with Crippen molar-refractivity contribution in [1.29, 1.82) is 0 Å². The molecule has 1 atom stereocenters. The van der Waals surface area contributed by atoms with Crippen LogP contribution in [-0.4, -0.2) is 34.6 Å². The van der Waals surface area contributed by atoms with Crippen LogP contribution in [0.4, 0.5) is 4.79 Å². The summed E-state index contributed by atoms with van der Waals surface area (Å²) < 4.78 is 5.68. The third-order valence-electron chi connectivity index (χ3n) is 7.17. The molecule has 3 amide bonds. The Morgan fingerprint density at radius 1 is 0.756 bits per heavy atom. The number of hydrogen-bond acceptors (Lipinski definition) is 5. The highest BCUT2D eigenvalue weighted by atomic mass is 32.2. The zero-order valence-electron chi connectivity index (χ0n) is 25.3. The van der Waals surface area contributed by atoms with E-state index in [1.165, 1.54) is 108 Å². The first-order chi connectivity index (χ1) is 20.0. The number of aromatic hydroxyl groups is 1. The van der Waals surface area contributed by atoms with Crippen molar-refractivity contribution in [3.8, 4) is 17.2 Å². The molecule has 0 aliphatic heterocycles. The summed E-state index contributed by atoms with van der Waals surface area (Å²) >= 11 is 1.87. The van der Waals surface area contributed by atoms with Crippen molar-refractivity contribution in [1.82, 2.24) is 10.6 Å². The second kappa shape index (κ2) is 22.0. The summed E-state index contributed by atoms with van der Waals surface area (Å²) in [6.45, 7) is 5.05. The fourth-order valence-electron chi connectivity index (χ4n) is 4.68. The van der Waals surface area contributed by atoms with E-state index in [2.05, 4.69) is 24.5 Å². The highest BCUT2D eigenvalue weighted by Crippen LogP contribution is 2.23. The van der Waals surface area contributed by atoms with Crippen molar-refractivity contribution in [3.63, 3.8) is 0 Å². The van der Waals surface area contributed by atoms with E-state index in [1.54, 1.807) is 36.4 Å². The summed E-state index contributed by atoms with van der Waals surface area (Å²) in [6.07, 6.45) is 20.5. The molecule has 2 aromatic carbocycles. The molecule has 2 rings (SSSR count). The number of ether oxygens (including phenoxy) is 1. The number of urea groups is 1. The number of rotatable bonds is 22. The van der Waals surface area contributed by atoms with Crippen LogP contribution in [0.3, 0.4) is 0 Å². The molecule has 2 aromatic rings. The van der Waals surface area contributed by atoms with Crippen LogP contribution in [0.25, 0.3) is 0 Å². The number of benzene rings is 2. The lowest BCUT2D eigenvalue weighted by atomic mass is 10.0. The van der Waals surface area contributed by atoms with Crippen molar-refractivity contribution in [2.24, 2.45) is 0 Å². The third-order valence-corrected chi connectivity index (χ3v) is 8.41. The van der Waals surface area contributed by atoms with Crippen molar-refractivity contribution in [2.75, 3.05) is 12.3 Å². The smallest absolute Gasteiger partial charge is 0.321 e. The zero-order chi connectivity index (χ0) is 29.5. The first-order valence-corrected chi connectivity index (χ1v) is 16.8. The van der Waals surface area contributed by atoms with Crippen LogP contribution in [0.1, 0.15) is 121 Å². The lowest BCUT2D eigenvalue weighted by Gasteiger charge is -2.12. The van der Waals surface area contributed by atoms with Crippen molar-refractivity contribution >= 4 is 23.7 Å². The van der Waals surface area contributed by atoms with Gasteiger partial charge in [-0.1, -0.05) is 104 Å². The quantitative estimate of drug-likeness (QED) is 0.120. The van der Waals surface area contributed by atoms with E-state index in [-0.39, 0.29) is 5.75 Å². The van der Waals surface area contributed by atoms with Gasteiger partial charge in [0.2, 0.25) is 0 Å². The van der Waals surface area contributed by atoms with Crippen LogP contribution in [0.2, 0.25) is 0 Å². The predicted octanol–water partition coefficient (Wildman–Crippen LogP) is 9.62. The second-order valence-corrected chi connectivity index (χ2v) is 12.4. The molecule has 0 heterocycles. The summed E-state index contributed by atoms with van der Waals surface area (Å²) in [5.74, 6) is 1.65. The van der Waals surface area contributed by atoms with Crippen molar-refractivity contribution in [3.05, 3.63) is 54.1 Å². The topological polar surface area (TPSA) is 87.7 Å². The van der Waals surface area contributed by atoms with Crippen LogP contribution in [0.15, 0.2) is 48.5 Å². The van der Waals surface area contributed by atoms with Gasteiger partial charge in [-0.2, -0.15) is 11.8 Å². The number of carbonyl (C=O) groups excluding carboxylic acids is 2. The highest BCUT2D eigenvalue weighted by Gasteiger charge is 2.11. The minimum Gasteiger partial charge on any atom is -0.508 e. The van der Waals surface area contributed by atoms with E-state index >= 15 is 0 Å². The molecule has 6 nitrogen and oxygen atoms in total. The average Bonchev–Trinajstić information content (AvgIpc) is 2.97. The fourth-order valence-corrected chi connectivity index (χ4v) is 5.63. The Bertz CT molecular complexity index is 966. The van der Waals surface area contributed by atoms with E-state index in [4.69, 9.17) is 4.74 Å². The van der Waals surface area contributed by atoms with Gasteiger partial charge in [-0.05, 0) is 55.0 Å². The van der Waals surface area contributed by atoms with Gasteiger partial charge < -0.3 is 15.2 Å². The number of phenolic OH excluding ortho intramolecular Hbond substituents is 1. The molecule has 228 valence electrons. The van der Waals surface area contributed by atoms with Crippen molar-refractivity contribution in [2.45, 2.75) is 115 Å². The largest absolute Gasteiger partial charge is 0.508 e. The lowest BCUT2D eigenvalue weighted by molar-refractivity contribution is 0.0964. The van der Waals surface area contributed by atoms with Gasteiger partial charge in [-0.15, -0.1) is 0 Å². The first kappa shape index (κ1) is 34.5. The van der Waals surface area contributed by atoms with Gasteiger partial charge in [0.05, 0.1) is 0 Å². The zero-order valence-corrected chi connectivity index (χ0v) is 26.1. The molecule has 0 aliphatic rings. The number of amides is 3. The monoisotopic (exact) mass is 584 g/mol. The van der Waals surface area contributed by atoms with Gasteiger partial charge in [0, 0.05) is 23.1 Å². The normalized spacial score (nSPS) is 11.7. The summed E-state index contributed by atoms with van der Waals surface area (Å²) in [5, 5.41) is 15.1. The fraction of sp³-hybridized carbons (Fsp3) is 0.588. The molecule has 0 saturated heterocycles. The molecule has 0 aliphatic carbocycles. The van der Waals surface area contributed by atoms with Crippen LogP contribution in [-0.2, 0) is 0 Å². The van der Waals surface area contributed by atoms with E-state index < -0.39 is 11.9 Å². The summed E-state index contributed by atoms with van der Waals surface area (Å²) in [7, 11) is 0. The number of thioether (sulfide) groups is 1. The number of phenols is 1. The summed E-state index contributed by atoms with van der Waals surface area (Å²) in [5.41, 5.74) is 0.370. The van der Waals surface area contributed by atoms with E-state index in [1.807, 2.05) is 11.8 Å². The molecule has 3 N–H and O–H groups in total. The summed E-state index contributed by atoms with van der Waals surface area (Å²) in [6, 6.07) is 12.4. The number of unbranched alkanes of at least 4 members (excludes halogenated alkanes) is 13. The Morgan fingerprint density at radius 3 is 1.78 bits per heavy atom. The molecular formula is C34H52N2O4S. The molecule has 7 heteroatoms. The Hall–Kier alpha value is -2.67. The Kier molecular flexibility index (Phi) is 18.5. The SMILES string of the molecule is CCCCCCCCCCCCCCCCC(C)SCCNC(=O)NC(=O)c1ccc(Oc2ccc(O)cc2)cc1. The maximum Gasteiger partial charge on any atom is 0.321 e. The van der Waals surface area contributed by atoms with Crippen LogP contribution in [0, 0.1) is 0 Å². The molecule has 1 unspecified atom stereocenters. The average molecular weight is 585 g/mol. The lowest BCUT2D eigenvalue weighted by Crippen LogP contribution is -2.40. The second-order valence-electron chi connectivity index (χ2n) is 10.9. The van der Waals surface area contributed by atoms with Gasteiger partial charge in [0.25, 0.3) is 5.91 Å². The van der Waals surface area contributed by atoms with E-state index in [0.717, 1.165) is 5.75 Å². The van der Waals surface area contributed by atoms with Crippen LogP contribution in [0.5, 0.6) is 17.2 Å².